The number of hydrogen-bond acceptors (Lipinski definition) is 7. The molecule has 2 unspecified atom stereocenters. The number of unbranched alkanes of at least 4 members (excludes halogenated alkanes) is 29. The zero-order chi connectivity index (χ0) is 34.6. The van der Waals surface area contributed by atoms with Crippen molar-refractivity contribution in [2.24, 2.45) is 0 Å². The Bertz CT molecular complexity index is 676. The Morgan fingerprint density at radius 2 is 0.571 bits per heavy atom. The van der Waals surface area contributed by atoms with E-state index < -0.39 is 15.4 Å². The van der Waals surface area contributed by atoms with Crippen LogP contribution in [0, 0.1) is 0 Å². The van der Waals surface area contributed by atoms with Crippen molar-refractivity contribution in [2.45, 2.75) is 219 Å². The molecule has 2 atom stereocenters. The van der Waals surface area contributed by atoms with Crippen molar-refractivity contribution in [1.82, 2.24) is 0 Å². The van der Waals surface area contributed by atoms with E-state index in [-0.39, 0.29) is 85.1 Å². The van der Waals surface area contributed by atoms with Crippen molar-refractivity contribution >= 4 is 15.4 Å². The van der Waals surface area contributed by atoms with E-state index in [2.05, 4.69) is 13.8 Å². The summed E-state index contributed by atoms with van der Waals surface area (Å²) in [7, 11) is -8.05. The van der Waals surface area contributed by atoms with Crippen molar-refractivity contribution < 1.29 is 91.6 Å². The Balaban J connectivity index is -0.0000106. The van der Waals surface area contributed by atoms with Gasteiger partial charge < -0.3 is 27.9 Å². The van der Waals surface area contributed by atoms with Crippen molar-refractivity contribution in [1.29, 1.82) is 0 Å². The van der Waals surface area contributed by atoms with Gasteiger partial charge >= 0.3 is 59.1 Å². The van der Waals surface area contributed by atoms with Gasteiger partial charge in [0.05, 0.1) is 19.8 Å². The molecular weight excluding hydrogens is 676 g/mol. The monoisotopic (exact) mass is 755 g/mol. The molecule has 11 heteroatoms. The molecule has 0 rings (SSSR count). The average molecular weight is 755 g/mol. The van der Waals surface area contributed by atoms with Crippen LogP contribution in [0.4, 0.5) is 0 Å². The van der Waals surface area contributed by atoms with Crippen LogP contribution in [0.2, 0.25) is 0 Å². The minimum Gasteiger partial charge on any atom is -0.778 e. The topological polar surface area (TPSA) is 108 Å². The second-order valence-corrected chi connectivity index (χ2v) is 17.2. The molecule has 0 aromatic rings. The molecule has 0 N–H and O–H groups in total. The van der Waals surface area contributed by atoms with Crippen molar-refractivity contribution in [2.75, 3.05) is 26.0 Å². The third-order valence-electron chi connectivity index (χ3n) is 9.11. The van der Waals surface area contributed by atoms with Gasteiger partial charge in [-0.2, -0.15) is 0 Å². The summed E-state index contributed by atoms with van der Waals surface area (Å²) in [5, 5.41) is 0. The largest absolute Gasteiger partial charge is 1.00 e. The van der Waals surface area contributed by atoms with Gasteiger partial charge in [0, 0.05) is 6.16 Å². The molecule has 0 spiro atoms. The third-order valence-corrected chi connectivity index (χ3v) is 11.5. The molecule has 7 nitrogen and oxygen atoms in total. The predicted octanol–water partition coefficient (Wildman–Crippen LogP) is 6.59. The van der Waals surface area contributed by atoms with Gasteiger partial charge in [0.2, 0.25) is 0 Å². The molecule has 0 saturated heterocycles. The summed E-state index contributed by atoms with van der Waals surface area (Å²) >= 11 is 0. The molecule has 0 fully saturated rings. The fourth-order valence-electron chi connectivity index (χ4n) is 6.01. The van der Waals surface area contributed by atoms with E-state index in [0.29, 0.717) is 25.7 Å². The maximum Gasteiger partial charge on any atom is 1.00 e. The van der Waals surface area contributed by atoms with E-state index in [1.165, 1.54) is 141 Å². The van der Waals surface area contributed by atoms with Crippen LogP contribution in [-0.4, -0.2) is 26.0 Å². The standard InChI is InChI=1S/C38H80O7P2.2Na/c1-3-5-7-9-11-13-15-17-19-21-23-25-27-31-35-43-46(39,40)38-34-30-29-33-37-45-47(41,42)44-36-32-28-26-24-22-20-18-16-14-12-10-8-6-4-2;;/h3-38H2,1-2H3,(H,39,40)(H,41,42);;/q;2*+1/p-2. The van der Waals surface area contributed by atoms with Gasteiger partial charge in [-0.15, -0.1) is 0 Å². The number of rotatable bonds is 40. The molecule has 0 radical (unpaired) electrons. The molecule has 284 valence electrons. The van der Waals surface area contributed by atoms with Gasteiger partial charge in [-0.3, -0.25) is 4.57 Å². The Hall–Kier alpha value is 2.26. The fraction of sp³-hybridized carbons (Fsp3) is 1.00. The first-order valence-corrected chi connectivity index (χ1v) is 23.6. The summed E-state index contributed by atoms with van der Waals surface area (Å²) in [4.78, 5) is 24.1. The van der Waals surface area contributed by atoms with Gasteiger partial charge in [0.15, 0.2) is 0 Å². The van der Waals surface area contributed by atoms with Gasteiger partial charge in [-0.25, -0.2) is 0 Å². The molecule has 0 aromatic heterocycles. The first-order valence-electron chi connectivity index (χ1n) is 20.4. The fourth-order valence-corrected chi connectivity index (χ4v) is 7.94. The van der Waals surface area contributed by atoms with Crippen molar-refractivity contribution in [3.05, 3.63) is 0 Å². The molecule has 49 heavy (non-hydrogen) atoms. The normalized spacial score (nSPS) is 13.8. The van der Waals surface area contributed by atoms with Crippen LogP contribution in [0.25, 0.3) is 0 Å². The summed E-state index contributed by atoms with van der Waals surface area (Å²) in [5.41, 5.74) is 0. The summed E-state index contributed by atoms with van der Waals surface area (Å²) in [5.74, 6) is 0. The molecule has 0 aromatic carbocycles. The minimum atomic E-state index is -4.26. The van der Waals surface area contributed by atoms with Crippen LogP contribution < -0.4 is 68.9 Å². The second-order valence-electron chi connectivity index (χ2n) is 13.9. The minimum absolute atomic E-state index is 0. The van der Waals surface area contributed by atoms with E-state index in [1.807, 2.05) is 0 Å². The van der Waals surface area contributed by atoms with Gasteiger partial charge in [0.25, 0.3) is 7.82 Å². The number of phosphoric ester groups is 1. The maximum atomic E-state index is 12.2. The Labute approximate surface area is 349 Å². The summed E-state index contributed by atoms with van der Waals surface area (Å²) in [6, 6.07) is 0. The van der Waals surface area contributed by atoms with Crippen LogP contribution in [0.3, 0.4) is 0 Å². The van der Waals surface area contributed by atoms with Crippen molar-refractivity contribution in [3.63, 3.8) is 0 Å². The molecule has 0 aliphatic heterocycles. The Kier molecular flexibility index (Phi) is 48.8. The van der Waals surface area contributed by atoms with E-state index in [9.17, 15) is 18.9 Å². The summed E-state index contributed by atoms with van der Waals surface area (Å²) in [6.45, 7) is 5.05. The average Bonchev–Trinajstić information content (AvgIpc) is 3.04. The van der Waals surface area contributed by atoms with E-state index in [1.54, 1.807) is 0 Å². The zero-order valence-electron chi connectivity index (χ0n) is 33.2. The maximum absolute atomic E-state index is 12.2. The second kappa shape index (κ2) is 43.0. The molecule has 0 aliphatic carbocycles. The van der Waals surface area contributed by atoms with Crippen LogP contribution >= 0.6 is 15.4 Å². The smallest absolute Gasteiger partial charge is 0.778 e. The van der Waals surface area contributed by atoms with E-state index >= 15 is 0 Å². The quantitative estimate of drug-likeness (QED) is 0.0395. The molecule has 0 amide bonds. The molecule has 0 saturated carbocycles. The zero-order valence-corrected chi connectivity index (χ0v) is 39.0. The van der Waals surface area contributed by atoms with E-state index in [4.69, 9.17) is 13.6 Å². The molecular formula is C38H78Na2O7P2. The molecule has 0 heterocycles. The number of hydrogen-bond donors (Lipinski definition) is 0. The van der Waals surface area contributed by atoms with Crippen LogP contribution in [-0.2, 0) is 22.7 Å². The summed E-state index contributed by atoms with van der Waals surface area (Å²) < 4.78 is 39.3. The molecule has 0 aliphatic rings. The van der Waals surface area contributed by atoms with Crippen LogP contribution in [0.1, 0.15) is 219 Å². The SMILES string of the molecule is CCCCCCCCCCCCCCCCOP(=O)([O-])CCCCCCOP(=O)([O-])OCCCCCCCCCCCCCCCC.[Na+].[Na+]. The Morgan fingerprint density at radius 1 is 0.347 bits per heavy atom. The van der Waals surface area contributed by atoms with Gasteiger partial charge in [0.1, 0.15) is 7.60 Å². The number of phosphoric acid groups is 1. The van der Waals surface area contributed by atoms with Gasteiger partial charge in [-0.05, 0) is 25.7 Å². The van der Waals surface area contributed by atoms with Gasteiger partial charge in [-0.1, -0.05) is 194 Å². The Morgan fingerprint density at radius 3 is 0.857 bits per heavy atom. The predicted molar refractivity (Wildman–Crippen MR) is 197 cm³/mol. The van der Waals surface area contributed by atoms with E-state index in [0.717, 1.165) is 38.5 Å². The van der Waals surface area contributed by atoms with Crippen LogP contribution in [0.15, 0.2) is 0 Å². The first kappa shape index (κ1) is 55.6. The summed E-state index contributed by atoms with van der Waals surface area (Å²) in [6.07, 6.45) is 37.7. The van der Waals surface area contributed by atoms with Crippen LogP contribution in [0.5, 0.6) is 0 Å². The third kappa shape index (κ3) is 46.3. The molecule has 0 bridgehead atoms. The first-order chi connectivity index (χ1) is 22.8. The van der Waals surface area contributed by atoms with Crippen molar-refractivity contribution in [3.8, 4) is 0 Å².